The fourth-order valence-electron chi connectivity index (χ4n) is 2.32. The van der Waals surface area contributed by atoms with Crippen LogP contribution in [0.1, 0.15) is 57.4 Å². The van der Waals surface area contributed by atoms with Gasteiger partial charge < -0.3 is 10.1 Å². The number of nitrogens with one attached hydrogen (secondary N) is 2. The number of rotatable bonds is 13. The quantitative estimate of drug-likeness (QED) is 0.153. The van der Waals surface area contributed by atoms with Crippen molar-refractivity contribution in [1.29, 1.82) is 0 Å². The zero-order chi connectivity index (χ0) is 19.0. The van der Waals surface area contributed by atoms with Crippen LogP contribution in [0.25, 0.3) is 0 Å². The molecule has 0 saturated carbocycles. The molecule has 0 atom stereocenters. The maximum absolute atomic E-state index is 6.28. The van der Waals surface area contributed by atoms with Crippen molar-refractivity contribution in [2.24, 2.45) is 5.10 Å². The molecule has 1 rings (SSSR count). The van der Waals surface area contributed by atoms with Gasteiger partial charge in [0.1, 0.15) is 5.75 Å². The van der Waals surface area contributed by atoms with E-state index in [0.717, 1.165) is 24.3 Å². The number of hydrogen-bond donors (Lipinski definition) is 2. The van der Waals surface area contributed by atoms with Crippen molar-refractivity contribution < 1.29 is 4.74 Å². The Labute approximate surface area is 168 Å². The lowest BCUT2D eigenvalue weighted by atomic mass is 10.1. The Morgan fingerprint density at radius 1 is 1.23 bits per heavy atom. The molecule has 1 aromatic carbocycles. The number of unbranched alkanes of at least 4 members (excludes halogenated alkanes) is 6. The highest BCUT2D eigenvalue weighted by Gasteiger charge is 2.01. The van der Waals surface area contributed by atoms with Crippen LogP contribution in [-0.2, 0) is 0 Å². The van der Waals surface area contributed by atoms with Crippen LogP contribution in [0.15, 0.2) is 36.0 Å². The van der Waals surface area contributed by atoms with Crippen molar-refractivity contribution in [3.63, 3.8) is 0 Å². The number of benzene rings is 1. The predicted molar refractivity (Wildman–Crippen MR) is 116 cm³/mol. The monoisotopic (exact) mass is 395 g/mol. The molecule has 0 amide bonds. The minimum Gasteiger partial charge on any atom is -0.494 e. The van der Waals surface area contributed by atoms with Crippen LogP contribution in [0, 0.1) is 0 Å². The maximum atomic E-state index is 6.28. The minimum absolute atomic E-state index is 0.437. The summed E-state index contributed by atoms with van der Waals surface area (Å²) in [6, 6.07) is 5.61. The summed E-state index contributed by atoms with van der Waals surface area (Å²) in [4.78, 5) is 0. The van der Waals surface area contributed by atoms with Crippen LogP contribution in [0.2, 0.25) is 5.02 Å². The van der Waals surface area contributed by atoms with Gasteiger partial charge in [0, 0.05) is 12.1 Å². The number of ether oxygens (including phenoxy) is 1. The van der Waals surface area contributed by atoms with Crippen LogP contribution in [0.4, 0.5) is 0 Å². The van der Waals surface area contributed by atoms with Gasteiger partial charge >= 0.3 is 0 Å². The molecule has 0 saturated heterocycles. The number of halogens is 1. The molecule has 4 nitrogen and oxygen atoms in total. The Bertz CT molecular complexity index is 578. The summed E-state index contributed by atoms with van der Waals surface area (Å²) in [5.74, 6) is 0.786. The van der Waals surface area contributed by atoms with Gasteiger partial charge in [-0.05, 0) is 36.8 Å². The van der Waals surface area contributed by atoms with E-state index in [-0.39, 0.29) is 0 Å². The lowest BCUT2D eigenvalue weighted by Gasteiger charge is -2.08. The number of hydrogen-bond acceptors (Lipinski definition) is 3. The molecule has 0 spiro atoms. The number of thiocarbonyl (C=S) groups is 1. The standard InChI is InChI=1S/C20H30ClN3OS/c1-3-5-6-7-8-9-10-14-25-18-12-11-17(19(21)15-18)16-23-24-20(26)22-13-4-2/h4,11-12,15-16H,2-3,5-10,13-14H2,1H3,(H2,22,24,26)/b23-16+. The molecule has 0 heterocycles. The van der Waals surface area contributed by atoms with Gasteiger partial charge in [-0.15, -0.1) is 6.58 Å². The summed E-state index contributed by atoms with van der Waals surface area (Å²) in [7, 11) is 0. The van der Waals surface area contributed by atoms with E-state index >= 15 is 0 Å². The predicted octanol–water partition coefficient (Wildman–Crippen LogP) is 5.45. The summed E-state index contributed by atoms with van der Waals surface area (Å²) in [5.41, 5.74) is 3.53. The van der Waals surface area contributed by atoms with E-state index in [1.165, 1.54) is 38.5 Å². The van der Waals surface area contributed by atoms with Crippen LogP contribution in [0.5, 0.6) is 5.75 Å². The molecule has 2 N–H and O–H groups in total. The van der Waals surface area contributed by atoms with E-state index < -0.39 is 0 Å². The third kappa shape index (κ3) is 10.4. The first-order valence-corrected chi connectivity index (χ1v) is 10.1. The smallest absolute Gasteiger partial charge is 0.187 e. The second-order valence-electron chi connectivity index (χ2n) is 6.02. The molecular formula is C20H30ClN3OS. The Balaban J connectivity index is 2.28. The van der Waals surface area contributed by atoms with E-state index in [1.54, 1.807) is 12.3 Å². The molecule has 0 aliphatic carbocycles. The molecule has 0 radical (unpaired) electrons. The topological polar surface area (TPSA) is 45.7 Å². The average molecular weight is 396 g/mol. The molecular weight excluding hydrogens is 366 g/mol. The molecule has 0 aliphatic heterocycles. The summed E-state index contributed by atoms with van der Waals surface area (Å²) < 4.78 is 5.77. The molecule has 0 aromatic heterocycles. The fourth-order valence-corrected chi connectivity index (χ4v) is 2.67. The number of nitrogens with zero attached hydrogens (tertiary/aromatic N) is 1. The summed E-state index contributed by atoms with van der Waals surface area (Å²) in [5, 5.41) is 8.02. The number of hydrazone groups is 1. The first-order valence-electron chi connectivity index (χ1n) is 9.27. The molecule has 1 aromatic rings. The largest absolute Gasteiger partial charge is 0.494 e. The third-order valence-corrected chi connectivity index (χ3v) is 4.33. The Morgan fingerprint density at radius 3 is 2.65 bits per heavy atom. The minimum atomic E-state index is 0.437. The molecule has 0 bridgehead atoms. The SMILES string of the molecule is C=CCNC(=S)N/N=C/c1ccc(OCCCCCCCCC)cc1Cl. The van der Waals surface area contributed by atoms with Gasteiger partial charge in [0.05, 0.1) is 17.8 Å². The first-order chi connectivity index (χ1) is 12.7. The summed E-state index contributed by atoms with van der Waals surface area (Å²) in [6.07, 6.45) is 12.2. The first kappa shape index (κ1) is 22.5. The van der Waals surface area contributed by atoms with Gasteiger partial charge in [0.15, 0.2) is 5.11 Å². The van der Waals surface area contributed by atoms with Crippen LogP contribution in [-0.4, -0.2) is 24.5 Å². The van der Waals surface area contributed by atoms with E-state index in [1.807, 2.05) is 18.2 Å². The van der Waals surface area contributed by atoms with Gasteiger partial charge in [-0.25, -0.2) is 0 Å². The van der Waals surface area contributed by atoms with Gasteiger partial charge in [-0.1, -0.05) is 63.1 Å². The molecule has 0 unspecified atom stereocenters. The summed E-state index contributed by atoms with van der Waals surface area (Å²) in [6.45, 7) is 7.16. The zero-order valence-corrected chi connectivity index (χ0v) is 17.2. The molecule has 0 fully saturated rings. The average Bonchev–Trinajstić information content (AvgIpc) is 2.64. The molecule has 26 heavy (non-hydrogen) atoms. The van der Waals surface area contributed by atoms with Crippen molar-refractivity contribution in [3.05, 3.63) is 41.4 Å². The molecule has 6 heteroatoms. The van der Waals surface area contributed by atoms with E-state index in [9.17, 15) is 0 Å². The van der Waals surface area contributed by atoms with Crippen molar-refractivity contribution in [2.75, 3.05) is 13.2 Å². The Hall–Kier alpha value is -1.59. The van der Waals surface area contributed by atoms with Gasteiger partial charge in [0.25, 0.3) is 0 Å². The maximum Gasteiger partial charge on any atom is 0.187 e. The van der Waals surface area contributed by atoms with E-state index in [2.05, 4.69) is 29.3 Å². The van der Waals surface area contributed by atoms with Crippen molar-refractivity contribution in [3.8, 4) is 5.75 Å². The van der Waals surface area contributed by atoms with E-state index in [0.29, 0.717) is 16.7 Å². The second kappa shape index (κ2) is 14.6. The highest BCUT2D eigenvalue weighted by atomic mass is 35.5. The van der Waals surface area contributed by atoms with Gasteiger partial charge in [-0.3, -0.25) is 5.43 Å². The van der Waals surface area contributed by atoms with Crippen molar-refractivity contribution >= 4 is 35.1 Å². The van der Waals surface area contributed by atoms with Gasteiger partial charge in [0.2, 0.25) is 0 Å². The van der Waals surface area contributed by atoms with Crippen LogP contribution >= 0.6 is 23.8 Å². The lowest BCUT2D eigenvalue weighted by molar-refractivity contribution is 0.304. The lowest BCUT2D eigenvalue weighted by Crippen LogP contribution is -2.31. The Kier molecular flexibility index (Phi) is 12.6. The third-order valence-electron chi connectivity index (χ3n) is 3.77. The highest BCUT2D eigenvalue weighted by molar-refractivity contribution is 7.80. The van der Waals surface area contributed by atoms with Gasteiger partial charge in [-0.2, -0.15) is 5.10 Å². The normalized spacial score (nSPS) is 10.7. The summed E-state index contributed by atoms with van der Waals surface area (Å²) >= 11 is 11.3. The Morgan fingerprint density at radius 2 is 1.96 bits per heavy atom. The van der Waals surface area contributed by atoms with E-state index in [4.69, 9.17) is 28.6 Å². The van der Waals surface area contributed by atoms with Crippen molar-refractivity contribution in [1.82, 2.24) is 10.7 Å². The second-order valence-corrected chi connectivity index (χ2v) is 6.84. The van der Waals surface area contributed by atoms with Crippen LogP contribution in [0.3, 0.4) is 0 Å². The fraction of sp³-hybridized carbons (Fsp3) is 0.500. The zero-order valence-electron chi connectivity index (χ0n) is 15.6. The highest BCUT2D eigenvalue weighted by Crippen LogP contribution is 2.21. The van der Waals surface area contributed by atoms with Crippen LogP contribution < -0.4 is 15.5 Å². The van der Waals surface area contributed by atoms with Crippen molar-refractivity contribution in [2.45, 2.75) is 51.9 Å². The molecule has 144 valence electrons. The molecule has 0 aliphatic rings.